The maximum Gasteiger partial charge on any atom is 0.268 e. The first-order valence-electron chi connectivity index (χ1n) is 6.11. The first kappa shape index (κ1) is 14.2. The van der Waals surface area contributed by atoms with Crippen LogP contribution < -0.4 is 10.6 Å². The molecular weight excluding hydrogens is 272 g/mol. The average Bonchev–Trinajstić information content (AvgIpc) is 2.70. The smallest absolute Gasteiger partial charge is 0.268 e. The van der Waals surface area contributed by atoms with Gasteiger partial charge in [-0.15, -0.1) is 0 Å². The number of hydrogen-bond acceptors (Lipinski definition) is 3. The largest absolute Gasteiger partial charge is 0.376 e. The quantitative estimate of drug-likeness (QED) is 0.858. The van der Waals surface area contributed by atoms with Gasteiger partial charge in [-0.25, -0.2) is 0 Å². The molecule has 5 nitrogen and oxygen atoms in total. The van der Waals surface area contributed by atoms with Crippen LogP contribution in [0.3, 0.4) is 0 Å². The van der Waals surface area contributed by atoms with Crippen molar-refractivity contribution in [1.82, 2.24) is 9.78 Å². The van der Waals surface area contributed by atoms with Crippen molar-refractivity contribution < 1.29 is 4.79 Å². The lowest BCUT2D eigenvalue weighted by molar-refractivity contribution is 0.100. The Labute approximate surface area is 123 Å². The molecule has 0 radical (unpaired) electrons. The van der Waals surface area contributed by atoms with Crippen molar-refractivity contribution in [2.45, 2.75) is 13.8 Å². The molecule has 0 saturated carbocycles. The van der Waals surface area contributed by atoms with Crippen LogP contribution in [0.2, 0.25) is 0 Å². The van der Waals surface area contributed by atoms with Gasteiger partial charge in [-0.2, -0.15) is 5.10 Å². The molecule has 2 N–H and O–H groups in total. The van der Waals surface area contributed by atoms with Crippen LogP contribution >= 0.6 is 12.2 Å². The van der Waals surface area contributed by atoms with Crippen LogP contribution in [0, 0.1) is 13.8 Å². The highest BCUT2D eigenvalue weighted by Gasteiger charge is 2.24. The zero-order chi connectivity index (χ0) is 14.9. The first-order chi connectivity index (χ1) is 9.41. The number of hydrogen-bond donors (Lipinski definition) is 1. The summed E-state index contributed by atoms with van der Waals surface area (Å²) in [5, 5.41) is 4.20. The maximum absolute atomic E-state index is 12.7. The Kier molecular flexibility index (Phi) is 3.85. The number of aryl methyl sites for hydroxylation is 3. The predicted octanol–water partition coefficient (Wildman–Crippen LogP) is 1.93. The summed E-state index contributed by atoms with van der Waals surface area (Å²) in [5.41, 5.74) is 8.49. The number of thiocarbonyl (C=S) groups is 1. The molecule has 1 aromatic heterocycles. The summed E-state index contributed by atoms with van der Waals surface area (Å²) >= 11 is 5.04. The van der Waals surface area contributed by atoms with E-state index < -0.39 is 0 Å². The number of benzene rings is 1. The Balaban J connectivity index is 2.50. The Morgan fingerprint density at radius 1 is 1.35 bits per heavy atom. The molecule has 0 aliphatic carbocycles. The fourth-order valence-electron chi connectivity index (χ4n) is 2.07. The normalized spacial score (nSPS) is 10.3. The Morgan fingerprint density at radius 2 is 2.00 bits per heavy atom. The van der Waals surface area contributed by atoms with E-state index in [2.05, 4.69) is 5.10 Å². The molecule has 2 rings (SSSR count). The van der Waals surface area contributed by atoms with Crippen LogP contribution in [-0.2, 0) is 7.05 Å². The molecule has 104 valence electrons. The monoisotopic (exact) mass is 288 g/mol. The van der Waals surface area contributed by atoms with Gasteiger partial charge in [0, 0.05) is 13.2 Å². The molecule has 2 aromatic rings. The fourth-order valence-corrected chi connectivity index (χ4v) is 2.25. The molecule has 1 aromatic carbocycles. The second-order valence-corrected chi connectivity index (χ2v) is 4.99. The van der Waals surface area contributed by atoms with Crippen molar-refractivity contribution in [3.05, 3.63) is 47.3 Å². The van der Waals surface area contributed by atoms with Gasteiger partial charge in [0.2, 0.25) is 0 Å². The van der Waals surface area contributed by atoms with E-state index in [1.165, 1.54) is 4.90 Å². The third-order valence-electron chi connectivity index (χ3n) is 3.02. The summed E-state index contributed by atoms with van der Waals surface area (Å²) in [7, 11) is 1.77. The zero-order valence-corrected chi connectivity index (χ0v) is 12.4. The minimum Gasteiger partial charge on any atom is -0.376 e. The standard InChI is InChI=1S/C14H16N4OS/c1-9-6-4-5-7-12(9)18(14(15)20)13(19)11-8-17(3)16-10(11)2/h4-8H,1-3H3,(H2,15,20). The van der Waals surface area contributed by atoms with Gasteiger partial charge >= 0.3 is 0 Å². The molecule has 0 spiro atoms. The van der Waals surface area contributed by atoms with E-state index in [9.17, 15) is 4.79 Å². The second-order valence-electron chi connectivity index (χ2n) is 4.57. The summed E-state index contributed by atoms with van der Waals surface area (Å²) in [6.07, 6.45) is 1.67. The first-order valence-corrected chi connectivity index (χ1v) is 6.52. The van der Waals surface area contributed by atoms with Crippen molar-refractivity contribution in [2.24, 2.45) is 12.8 Å². The van der Waals surface area contributed by atoms with E-state index in [-0.39, 0.29) is 11.0 Å². The highest BCUT2D eigenvalue weighted by atomic mass is 32.1. The lowest BCUT2D eigenvalue weighted by Crippen LogP contribution is -2.41. The van der Waals surface area contributed by atoms with Crippen molar-refractivity contribution >= 4 is 28.9 Å². The third-order valence-corrected chi connectivity index (χ3v) is 3.21. The van der Waals surface area contributed by atoms with Gasteiger partial charge in [-0.3, -0.25) is 14.4 Å². The van der Waals surface area contributed by atoms with Gasteiger partial charge in [0.1, 0.15) is 0 Å². The third kappa shape index (κ3) is 2.55. The number of para-hydroxylation sites is 1. The van der Waals surface area contributed by atoms with Crippen LogP contribution in [0.1, 0.15) is 21.6 Å². The molecule has 6 heteroatoms. The molecule has 0 unspecified atom stereocenters. The van der Waals surface area contributed by atoms with Gasteiger partial charge < -0.3 is 5.73 Å². The van der Waals surface area contributed by atoms with E-state index in [4.69, 9.17) is 18.0 Å². The number of nitrogens with two attached hydrogens (primary N) is 1. The van der Waals surface area contributed by atoms with E-state index in [0.29, 0.717) is 16.9 Å². The van der Waals surface area contributed by atoms with E-state index >= 15 is 0 Å². The summed E-state index contributed by atoms with van der Waals surface area (Å²) < 4.78 is 1.60. The minimum absolute atomic E-state index is 0.0209. The van der Waals surface area contributed by atoms with E-state index in [1.54, 1.807) is 24.9 Å². The van der Waals surface area contributed by atoms with Crippen molar-refractivity contribution in [1.29, 1.82) is 0 Å². The van der Waals surface area contributed by atoms with E-state index in [1.807, 2.05) is 31.2 Å². The fraction of sp³-hybridized carbons (Fsp3) is 0.214. The number of rotatable bonds is 2. The Bertz CT molecular complexity index is 678. The molecule has 0 bridgehead atoms. The second kappa shape index (κ2) is 5.42. The molecule has 1 heterocycles. The van der Waals surface area contributed by atoms with E-state index in [0.717, 1.165) is 5.56 Å². The van der Waals surface area contributed by atoms with Crippen molar-refractivity contribution in [3.63, 3.8) is 0 Å². The molecule has 20 heavy (non-hydrogen) atoms. The summed E-state index contributed by atoms with van der Waals surface area (Å²) in [4.78, 5) is 14.0. The van der Waals surface area contributed by atoms with Gasteiger partial charge in [0.05, 0.1) is 16.9 Å². The Hall–Kier alpha value is -2.21. The molecule has 0 aliphatic heterocycles. The van der Waals surface area contributed by atoms with Gasteiger partial charge in [0.15, 0.2) is 5.11 Å². The van der Waals surface area contributed by atoms with Crippen LogP contribution in [0.5, 0.6) is 0 Å². The van der Waals surface area contributed by atoms with Gasteiger partial charge in [0.25, 0.3) is 5.91 Å². The molecule has 0 fully saturated rings. The summed E-state index contributed by atoms with van der Waals surface area (Å²) in [6, 6.07) is 7.47. The highest BCUT2D eigenvalue weighted by molar-refractivity contribution is 7.80. The number of carbonyl (C=O) groups is 1. The lowest BCUT2D eigenvalue weighted by atomic mass is 10.1. The Morgan fingerprint density at radius 3 is 2.50 bits per heavy atom. The van der Waals surface area contributed by atoms with Gasteiger partial charge in [-0.05, 0) is 37.7 Å². The zero-order valence-electron chi connectivity index (χ0n) is 11.6. The number of nitrogens with zero attached hydrogens (tertiary/aromatic N) is 3. The predicted molar refractivity (Wildman–Crippen MR) is 82.7 cm³/mol. The van der Waals surface area contributed by atoms with Crippen LogP contribution in [-0.4, -0.2) is 20.8 Å². The molecule has 1 amide bonds. The molecule has 0 atom stereocenters. The number of aromatic nitrogens is 2. The van der Waals surface area contributed by atoms with Crippen LogP contribution in [0.15, 0.2) is 30.5 Å². The van der Waals surface area contributed by atoms with Crippen molar-refractivity contribution in [2.75, 3.05) is 4.90 Å². The topological polar surface area (TPSA) is 64.2 Å². The number of amides is 1. The summed E-state index contributed by atoms with van der Waals surface area (Å²) in [5.74, 6) is -0.266. The van der Waals surface area contributed by atoms with Gasteiger partial charge in [-0.1, -0.05) is 18.2 Å². The average molecular weight is 288 g/mol. The van der Waals surface area contributed by atoms with Crippen molar-refractivity contribution in [3.8, 4) is 0 Å². The molecule has 0 saturated heterocycles. The van der Waals surface area contributed by atoms with Crippen LogP contribution in [0.25, 0.3) is 0 Å². The highest BCUT2D eigenvalue weighted by Crippen LogP contribution is 2.22. The number of carbonyl (C=O) groups excluding carboxylic acids is 1. The summed E-state index contributed by atoms with van der Waals surface area (Å²) in [6.45, 7) is 3.69. The maximum atomic E-state index is 12.7. The van der Waals surface area contributed by atoms with Crippen LogP contribution in [0.4, 0.5) is 5.69 Å². The molecule has 0 aliphatic rings. The SMILES string of the molecule is Cc1ccccc1N(C(=O)c1cn(C)nc1C)C(N)=S. The molecular formula is C14H16N4OS. The minimum atomic E-state index is -0.266. The lowest BCUT2D eigenvalue weighted by Gasteiger charge is -2.22. The number of anilines is 1.